The van der Waals surface area contributed by atoms with Gasteiger partial charge in [0, 0.05) is 4.24 Å². The van der Waals surface area contributed by atoms with Gasteiger partial charge in [-0.3, -0.25) is 0 Å². The van der Waals surface area contributed by atoms with Crippen molar-refractivity contribution in [3.8, 4) is 0 Å². The predicted octanol–water partition coefficient (Wildman–Crippen LogP) is 18.7. The molecule has 0 aliphatic rings. The van der Waals surface area contributed by atoms with E-state index >= 15 is 0 Å². The third kappa shape index (κ3) is 38.7. The molecular weight excluding hydrogens is 692 g/mol. The molecule has 0 aromatic heterocycles. The number of rotatable bonds is 41. The summed E-state index contributed by atoms with van der Waals surface area (Å²) in [4.78, 5) is 0. The summed E-state index contributed by atoms with van der Waals surface area (Å²) in [6, 6.07) is 0. The van der Waals surface area contributed by atoms with Crippen molar-refractivity contribution >= 4 is 58.6 Å². The highest BCUT2D eigenvalue weighted by Crippen LogP contribution is 2.39. The Morgan fingerprint density at radius 1 is 0.327 bits per heavy atom. The SMILES string of the molecule is CCCCCCCCCCSC(=CC(Cl)=C(SCCCCCCCCCC)SCCCCCCCCCC)SCCCCCCCCCC. The number of allylic oxidation sites excluding steroid dienone is 2. The molecule has 5 heteroatoms. The van der Waals surface area contributed by atoms with Crippen LogP contribution in [0.5, 0.6) is 0 Å². The summed E-state index contributed by atoms with van der Waals surface area (Å²) in [6.45, 7) is 9.24. The molecule has 0 unspecified atom stereocenters. The quantitative estimate of drug-likeness (QED) is 0.0448. The number of hydrogen-bond donors (Lipinski definition) is 0. The van der Waals surface area contributed by atoms with Crippen LogP contribution in [-0.4, -0.2) is 23.0 Å². The molecule has 0 saturated heterocycles. The molecular formula is C44H85ClS4. The second-order valence-electron chi connectivity index (χ2n) is 14.4. The van der Waals surface area contributed by atoms with Crippen molar-refractivity contribution in [1.82, 2.24) is 0 Å². The normalized spacial score (nSPS) is 11.4. The maximum absolute atomic E-state index is 7.24. The maximum Gasteiger partial charge on any atom is 0.0622 e. The molecule has 0 bridgehead atoms. The molecule has 0 saturated carbocycles. The van der Waals surface area contributed by atoms with Crippen LogP contribution in [0.2, 0.25) is 0 Å². The van der Waals surface area contributed by atoms with Crippen LogP contribution in [0.3, 0.4) is 0 Å². The highest BCUT2D eigenvalue weighted by molar-refractivity contribution is 8.22. The van der Waals surface area contributed by atoms with Gasteiger partial charge in [-0.1, -0.05) is 219 Å². The smallest absolute Gasteiger partial charge is 0.0622 e. The number of halogens is 1. The molecule has 0 nitrogen and oxygen atoms in total. The third-order valence-electron chi connectivity index (χ3n) is 9.39. The van der Waals surface area contributed by atoms with Crippen molar-refractivity contribution in [3.63, 3.8) is 0 Å². The van der Waals surface area contributed by atoms with Crippen LogP contribution in [0, 0.1) is 0 Å². The van der Waals surface area contributed by atoms with E-state index in [-0.39, 0.29) is 0 Å². The molecule has 0 aliphatic heterocycles. The van der Waals surface area contributed by atoms with Gasteiger partial charge in [0.15, 0.2) is 0 Å². The van der Waals surface area contributed by atoms with Gasteiger partial charge in [-0.25, -0.2) is 0 Å². The van der Waals surface area contributed by atoms with Crippen LogP contribution in [0.1, 0.15) is 233 Å². The summed E-state index contributed by atoms with van der Waals surface area (Å²) in [5, 5.41) is 1.02. The first kappa shape index (κ1) is 50.2. The third-order valence-corrected chi connectivity index (χ3v) is 15.1. The minimum Gasteiger partial charge on any atom is -0.119 e. The fourth-order valence-electron chi connectivity index (χ4n) is 6.09. The largest absolute Gasteiger partial charge is 0.119 e. The molecule has 0 aliphatic carbocycles. The van der Waals surface area contributed by atoms with Crippen molar-refractivity contribution in [1.29, 1.82) is 0 Å². The second-order valence-corrected chi connectivity index (χ2v) is 19.8. The Morgan fingerprint density at radius 2 is 0.551 bits per heavy atom. The van der Waals surface area contributed by atoms with Gasteiger partial charge < -0.3 is 0 Å². The van der Waals surface area contributed by atoms with E-state index < -0.39 is 0 Å². The van der Waals surface area contributed by atoms with E-state index in [4.69, 9.17) is 11.6 Å². The molecule has 0 amide bonds. The molecule has 0 fully saturated rings. The molecule has 0 N–H and O–H groups in total. The number of unbranched alkanes of at least 4 members (excludes halogenated alkanes) is 28. The monoisotopic (exact) mass is 777 g/mol. The lowest BCUT2D eigenvalue weighted by Crippen LogP contribution is -1.89. The van der Waals surface area contributed by atoms with Gasteiger partial charge in [0.1, 0.15) is 0 Å². The summed E-state index contributed by atoms with van der Waals surface area (Å²) < 4.78 is 2.86. The fraction of sp³-hybridized carbons (Fsp3) is 0.909. The Balaban J connectivity index is 5.10. The summed E-state index contributed by atoms with van der Waals surface area (Å²) in [6.07, 6.45) is 46.9. The Morgan fingerprint density at radius 3 is 0.816 bits per heavy atom. The molecule has 0 heterocycles. The lowest BCUT2D eigenvalue weighted by molar-refractivity contribution is 0.586. The summed E-state index contributed by atoms with van der Waals surface area (Å²) in [5.41, 5.74) is 0. The second kappa shape index (κ2) is 43.6. The molecule has 0 rings (SSSR count). The van der Waals surface area contributed by atoms with E-state index in [0.717, 1.165) is 5.03 Å². The van der Waals surface area contributed by atoms with Crippen molar-refractivity contribution in [2.24, 2.45) is 0 Å². The van der Waals surface area contributed by atoms with Gasteiger partial charge in [-0.15, -0.1) is 47.0 Å². The van der Waals surface area contributed by atoms with Gasteiger partial charge >= 0.3 is 0 Å². The average Bonchev–Trinajstić information content (AvgIpc) is 3.10. The zero-order valence-electron chi connectivity index (χ0n) is 33.5. The van der Waals surface area contributed by atoms with Crippen molar-refractivity contribution < 1.29 is 0 Å². The summed E-state index contributed by atoms with van der Waals surface area (Å²) in [7, 11) is 0. The van der Waals surface area contributed by atoms with Crippen LogP contribution in [0.4, 0.5) is 0 Å². The molecule has 0 atom stereocenters. The van der Waals surface area contributed by atoms with E-state index in [2.05, 4.69) is 80.8 Å². The first-order valence-electron chi connectivity index (χ1n) is 21.8. The van der Waals surface area contributed by atoms with Crippen LogP contribution < -0.4 is 0 Å². The Hall–Kier alpha value is 1.17. The van der Waals surface area contributed by atoms with Gasteiger partial charge in [-0.05, 0) is 54.8 Å². The van der Waals surface area contributed by atoms with E-state index in [9.17, 15) is 0 Å². The maximum atomic E-state index is 7.24. The van der Waals surface area contributed by atoms with Crippen molar-refractivity contribution in [2.45, 2.75) is 233 Å². The van der Waals surface area contributed by atoms with Crippen LogP contribution in [0.25, 0.3) is 0 Å². The standard InChI is InChI=1S/C44H85ClS4/c1-5-9-13-17-21-25-29-33-37-46-43(47-38-34-30-26-22-18-14-10-6-2)41-42(45)44(48-39-35-31-27-23-19-15-11-7-3)49-40-36-32-28-24-20-16-12-8-4/h41H,5-40H2,1-4H3. The predicted molar refractivity (Wildman–Crippen MR) is 241 cm³/mol. The van der Waals surface area contributed by atoms with Crippen molar-refractivity contribution in [3.05, 3.63) is 19.6 Å². The van der Waals surface area contributed by atoms with Gasteiger partial charge in [0.05, 0.1) is 9.27 Å². The van der Waals surface area contributed by atoms with E-state index in [0.29, 0.717) is 0 Å². The Kier molecular flexibility index (Phi) is 44.6. The van der Waals surface area contributed by atoms with Crippen molar-refractivity contribution in [2.75, 3.05) is 23.0 Å². The highest BCUT2D eigenvalue weighted by atomic mass is 35.5. The first-order chi connectivity index (χ1) is 24.2. The lowest BCUT2D eigenvalue weighted by Gasteiger charge is -2.12. The minimum absolute atomic E-state index is 1.02. The minimum atomic E-state index is 1.02. The van der Waals surface area contributed by atoms with Crippen LogP contribution in [0.15, 0.2) is 19.6 Å². The molecule has 0 radical (unpaired) electrons. The average molecular weight is 778 g/mol. The zero-order valence-corrected chi connectivity index (χ0v) is 37.6. The highest BCUT2D eigenvalue weighted by Gasteiger charge is 2.09. The van der Waals surface area contributed by atoms with E-state index in [1.54, 1.807) is 0 Å². The molecule has 0 aromatic carbocycles. The summed E-state index contributed by atoms with van der Waals surface area (Å²) in [5.74, 6) is 4.90. The van der Waals surface area contributed by atoms with Crippen LogP contribution >= 0.6 is 58.6 Å². The number of hydrogen-bond acceptors (Lipinski definition) is 4. The summed E-state index contributed by atoms with van der Waals surface area (Å²) >= 11 is 15.5. The first-order valence-corrected chi connectivity index (χ1v) is 26.1. The fourth-order valence-corrected chi connectivity index (χ4v) is 11.3. The van der Waals surface area contributed by atoms with Crippen LogP contribution in [-0.2, 0) is 0 Å². The zero-order chi connectivity index (χ0) is 35.7. The molecule has 0 spiro atoms. The van der Waals surface area contributed by atoms with Gasteiger partial charge in [0.25, 0.3) is 0 Å². The molecule has 49 heavy (non-hydrogen) atoms. The van der Waals surface area contributed by atoms with E-state index in [1.165, 1.54) is 237 Å². The topological polar surface area (TPSA) is 0 Å². The van der Waals surface area contributed by atoms with Gasteiger partial charge in [0.2, 0.25) is 0 Å². The lowest BCUT2D eigenvalue weighted by atomic mass is 10.1. The van der Waals surface area contributed by atoms with Gasteiger partial charge in [-0.2, -0.15) is 0 Å². The molecule has 292 valence electrons. The van der Waals surface area contributed by atoms with E-state index in [1.807, 2.05) is 0 Å². The Labute approximate surface area is 332 Å². The Bertz CT molecular complexity index is 659. The number of thioether (sulfide) groups is 4. The molecule has 0 aromatic rings.